The van der Waals surface area contributed by atoms with E-state index in [4.69, 9.17) is 0 Å². The van der Waals surface area contributed by atoms with Gasteiger partial charge in [0.2, 0.25) is 0 Å². The maximum absolute atomic E-state index is 12.2. The van der Waals surface area contributed by atoms with Crippen LogP contribution < -0.4 is 0 Å². The highest BCUT2D eigenvalue weighted by atomic mass is 19.4. The molecule has 0 aromatic rings. The van der Waals surface area contributed by atoms with Crippen molar-refractivity contribution in [3.05, 3.63) is 0 Å². The van der Waals surface area contributed by atoms with Crippen molar-refractivity contribution < 1.29 is 30.7 Å². The predicted molar refractivity (Wildman–Crippen MR) is 30.8 cm³/mol. The van der Waals surface area contributed by atoms with E-state index in [9.17, 15) is 30.7 Å². The molecule has 0 aliphatic heterocycles. The molecule has 0 saturated heterocycles. The second-order valence-electron chi connectivity index (χ2n) is 2.89. The quantitative estimate of drug-likeness (QED) is 0.614. The largest absolute Gasteiger partial charge is 0.403 e. The SMILES string of the molecule is CC(F)(F)C(C(C)(F)F)C(F)(F)F. The lowest BCUT2D eigenvalue weighted by Gasteiger charge is -2.30. The summed E-state index contributed by atoms with van der Waals surface area (Å²) in [4.78, 5) is 0. The Hall–Kier alpha value is -0.490. The molecule has 7 heteroatoms. The molecule has 0 amide bonds. The fraction of sp³-hybridized carbons (Fsp3) is 1.00. The molecule has 0 fully saturated rings. The second kappa shape index (κ2) is 3.02. The number of halogens is 7. The van der Waals surface area contributed by atoms with E-state index in [0.29, 0.717) is 0 Å². The molecule has 80 valence electrons. The van der Waals surface area contributed by atoms with Gasteiger partial charge in [-0.3, -0.25) is 0 Å². The zero-order valence-corrected chi connectivity index (χ0v) is 6.72. The Morgan fingerprint density at radius 2 is 0.923 bits per heavy atom. The van der Waals surface area contributed by atoms with E-state index in [-0.39, 0.29) is 13.8 Å². The van der Waals surface area contributed by atoms with Crippen LogP contribution in [0.25, 0.3) is 0 Å². The van der Waals surface area contributed by atoms with Gasteiger partial charge < -0.3 is 0 Å². The van der Waals surface area contributed by atoms with Crippen molar-refractivity contribution in [2.45, 2.75) is 31.9 Å². The topological polar surface area (TPSA) is 0 Å². The first-order valence-electron chi connectivity index (χ1n) is 3.19. The molecule has 0 radical (unpaired) electrons. The highest BCUT2D eigenvalue weighted by Gasteiger charge is 2.63. The molecule has 0 aromatic heterocycles. The summed E-state index contributed by atoms with van der Waals surface area (Å²) in [7, 11) is 0. The van der Waals surface area contributed by atoms with E-state index < -0.39 is 23.9 Å². The lowest BCUT2D eigenvalue weighted by Crippen LogP contribution is -2.47. The summed E-state index contributed by atoms with van der Waals surface area (Å²) in [6, 6.07) is 0. The highest BCUT2D eigenvalue weighted by Crippen LogP contribution is 2.46. The third kappa shape index (κ3) is 3.40. The number of alkyl halides is 7. The first-order valence-corrected chi connectivity index (χ1v) is 3.19. The standard InChI is InChI=1S/C6H7F7/c1-4(7,8)3(5(2,9)10)6(11,12)13/h3H,1-2H3. The molecular weight excluding hydrogens is 205 g/mol. The molecule has 0 bridgehead atoms. The van der Waals surface area contributed by atoms with Crippen LogP contribution in [0.1, 0.15) is 13.8 Å². The summed E-state index contributed by atoms with van der Waals surface area (Å²) >= 11 is 0. The van der Waals surface area contributed by atoms with Crippen LogP contribution in [-0.2, 0) is 0 Å². The fourth-order valence-corrected chi connectivity index (χ4v) is 1.02. The summed E-state index contributed by atoms with van der Waals surface area (Å²) in [5, 5.41) is 0. The lowest BCUT2D eigenvalue weighted by molar-refractivity contribution is -0.293. The Balaban J connectivity index is 5.02. The van der Waals surface area contributed by atoms with E-state index >= 15 is 0 Å². The number of hydrogen-bond donors (Lipinski definition) is 0. The molecule has 0 aromatic carbocycles. The zero-order valence-electron chi connectivity index (χ0n) is 6.72. The van der Waals surface area contributed by atoms with Crippen molar-refractivity contribution >= 4 is 0 Å². The third-order valence-electron chi connectivity index (χ3n) is 1.34. The monoisotopic (exact) mass is 212 g/mol. The maximum atomic E-state index is 12.2. The average molecular weight is 212 g/mol. The molecule has 0 heterocycles. The molecular formula is C6H7F7. The van der Waals surface area contributed by atoms with Crippen LogP contribution in [0.4, 0.5) is 30.7 Å². The van der Waals surface area contributed by atoms with Crippen molar-refractivity contribution in [1.29, 1.82) is 0 Å². The minimum Gasteiger partial charge on any atom is -0.206 e. The van der Waals surface area contributed by atoms with Gasteiger partial charge in [0, 0.05) is 13.8 Å². The zero-order chi connectivity index (χ0) is 11.1. The Morgan fingerprint density at radius 3 is 0.923 bits per heavy atom. The van der Waals surface area contributed by atoms with Crippen molar-refractivity contribution in [2.75, 3.05) is 0 Å². The summed E-state index contributed by atoms with van der Waals surface area (Å²) in [5.41, 5.74) is 0. The number of hydrogen-bond acceptors (Lipinski definition) is 0. The van der Waals surface area contributed by atoms with Crippen LogP contribution in [0.15, 0.2) is 0 Å². The Bertz CT molecular complexity index is 136. The van der Waals surface area contributed by atoms with Crippen LogP contribution in [0.5, 0.6) is 0 Å². The van der Waals surface area contributed by atoms with Crippen LogP contribution >= 0.6 is 0 Å². The molecule has 0 aliphatic carbocycles. The van der Waals surface area contributed by atoms with Crippen molar-refractivity contribution in [3.8, 4) is 0 Å². The number of rotatable bonds is 2. The fourth-order valence-electron chi connectivity index (χ4n) is 1.02. The first-order chi connectivity index (χ1) is 5.37. The van der Waals surface area contributed by atoms with Gasteiger partial charge in [-0.05, 0) is 0 Å². The molecule has 0 N–H and O–H groups in total. The smallest absolute Gasteiger partial charge is 0.206 e. The first kappa shape index (κ1) is 12.5. The molecule has 0 rings (SSSR count). The predicted octanol–water partition coefficient (Wildman–Crippen LogP) is 3.48. The summed E-state index contributed by atoms with van der Waals surface area (Å²) < 4.78 is 84.0. The van der Waals surface area contributed by atoms with Crippen LogP contribution in [-0.4, -0.2) is 18.0 Å². The molecule has 0 aliphatic rings. The van der Waals surface area contributed by atoms with Crippen molar-refractivity contribution in [3.63, 3.8) is 0 Å². The lowest BCUT2D eigenvalue weighted by atomic mass is 9.95. The normalized spacial score (nSPS) is 15.2. The summed E-state index contributed by atoms with van der Waals surface area (Å²) in [6.45, 7) is -0.356. The Labute approximate surface area is 69.7 Å². The van der Waals surface area contributed by atoms with Gasteiger partial charge in [-0.25, -0.2) is 17.6 Å². The average Bonchev–Trinajstić information content (AvgIpc) is 1.44. The van der Waals surface area contributed by atoms with Crippen LogP contribution in [0.2, 0.25) is 0 Å². The van der Waals surface area contributed by atoms with Crippen molar-refractivity contribution in [2.24, 2.45) is 5.92 Å². The van der Waals surface area contributed by atoms with Crippen LogP contribution in [0.3, 0.4) is 0 Å². The van der Waals surface area contributed by atoms with E-state index in [1.807, 2.05) is 0 Å². The maximum Gasteiger partial charge on any atom is 0.403 e. The Kier molecular flexibility index (Phi) is 2.91. The summed E-state index contributed by atoms with van der Waals surface area (Å²) in [5.74, 6) is -12.9. The van der Waals surface area contributed by atoms with Gasteiger partial charge in [0.15, 0.2) is 5.92 Å². The minimum absolute atomic E-state index is 0.178. The molecule has 0 saturated carbocycles. The van der Waals surface area contributed by atoms with E-state index in [0.717, 1.165) is 0 Å². The third-order valence-corrected chi connectivity index (χ3v) is 1.34. The van der Waals surface area contributed by atoms with Gasteiger partial charge in [0.25, 0.3) is 11.8 Å². The van der Waals surface area contributed by atoms with Gasteiger partial charge in [-0.15, -0.1) is 0 Å². The van der Waals surface area contributed by atoms with Crippen LogP contribution in [0, 0.1) is 5.92 Å². The van der Waals surface area contributed by atoms with Gasteiger partial charge >= 0.3 is 6.18 Å². The molecule has 0 unspecified atom stereocenters. The van der Waals surface area contributed by atoms with Gasteiger partial charge in [0.05, 0.1) is 0 Å². The van der Waals surface area contributed by atoms with E-state index in [1.165, 1.54) is 0 Å². The summed E-state index contributed by atoms with van der Waals surface area (Å²) in [6.07, 6.45) is -5.61. The van der Waals surface area contributed by atoms with Gasteiger partial charge in [0.1, 0.15) is 0 Å². The molecule has 0 nitrogen and oxygen atoms in total. The van der Waals surface area contributed by atoms with E-state index in [2.05, 4.69) is 0 Å². The second-order valence-corrected chi connectivity index (χ2v) is 2.89. The highest BCUT2D eigenvalue weighted by molar-refractivity contribution is 4.87. The van der Waals surface area contributed by atoms with Gasteiger partial charge in [-0.1, -0.05) is 0 Å². The van der Waals surface area contributed by atoms with E-state index in [1.54, 1.807) is 0 Å². The molecule has 0 spiro atoms. The van der Waals surface area contributed by atoms with Gasteiger partial charge in [-0.2, -0.15) is 13.2 Å². The minimum atomic E-state index is -5.61. The Morgan fingerprint density at radius 1 is 0.692 bits per heavy atom. The molecule has 13 heavy (non-hydrogen) atoms. The molecule has 0 atom stereocenters. The van der Waals surface area contributed by atoms with Crippen molar-refractivity contribution in [1.82, 2.24) is 0 Å².